The molecule has 0 bridgehead atoms. The Kier molecular flexibility index (Phi) is 4.78. The SMILES string of the molecule is NCC1(CO)COCCN1S(=O)(=O)c1ccccc1[N+](=O)[O-]. The number of rotatable bonds is 5. The van der Waals surface area contributed by atoms with Gasteiger partial charge in [0.25, 0.3) is 15.7 Å². The molecule has 1 heterocycles. The first-order valence-corrected chi connectivity index (χ1v) is 7.98. The quantitative estimate of drug-likeness (QED) is 0.538. The first-order chi connectivity index (χ1) is 10.4. The minimum atomic E-state index is -4.20. The van der Waals surface area contributed by atoms with Crippen molar-refractivity contribution in [3.05, 3.63) is 34.4 Å². The van der Waals surface area contributed by atoms with Crippen LogP contribution in [0, 0.1) is 10.1 Å². The molecule has 0 radical (unpaired) electrons. The van der Waals surface area contributed by atoms with Gasteiger partial charge in [0, 0.05) is 19.2 Å². The van der Waals surface area contributed by atoms with Gasteiger partial charge in [0.05, 0.1) is 30.3 Å². The Morgan fingerprint density at radius 1 is 1.45 bits per heavy atom. The van der Waals surface area contributed by atoms with Crippen LogP contribution in [0.1, 0.15) is 0 Å². The van der Waals surface area contributed by atoms with Crippen molar-refractivity contribution in [1.29, 1.82) is 0 Å². The number of sulfonamides is 1. The van der Waals surface area contributed by atoms with Crippen molar-refractivity contribution < 1.29 is 23.2 Å². The molecule has 0 spiro atoms. The lowest BCUT2D eigenvalue weighted by molar-refractivity contribution is -0.387. The molecular formula is C12H17N3O6S. The van der Waals surface area contributed by atoms with Crippen LogP contribution in [0.3, 0.4) is 0 Å². The van der Waals surface area contributed by atoms with E-state index in [-0.39, 0.29) is 26.3 Å². The summed E-state index contributed by atoms with van der Waals surface area (Å²) in [7, 11) is -4.20. The molecule has 1 unspecified atom stereocenters. The molecule has 0 aromatic heterocycles. The summed E-state index contributed by atoms with van der Waals surface area (Å²) in [4.78, 5) is 9.90. The Bertz CT molecular complexity index is 659. The van der Waals surface area contributed by atoms with Crippen LogP contribution >= 0.6 is 0 Å². The van der Waals surface area contributed by atoms with E-state index >= 15 is 0 Å². The van der Waals surface area contributed by atoms with Crippen LogP contribution in [0.15, 0.2) is 29.2 Å². The molecule has 22 heavy (non-hydrogen) atoms. The molecule has 0 amide bonds. The summed E-state index contributed by atoms with van der Waals surface area (Å²) >= 11 is 0. The van der Waals surface area contributed by atoms with Crippen molar-refractivity contribution in [3.8, 4) is 0 Å². The van der Waals surface area contributed by atoms with Crippen LogP contribution in [-0.4, -0.2) is 61.2 Å². The van der Waals surface area contributed by atoms with Gasteiger partial charge < -0.3 is 15.6 Å². The number of ether oxygens (including phenoxy) is 1. The molecule has 9 nitrogen and oxygen atoms in total. The smallest absolute Gasteiger partial charge is 0.289 e. The van der Waals surface area contributed by atoms with Crippen LogP contribution in [0.4, 0.5) is 5.69 Å². The van der Waals surface area contributed by atoms with E-state index in [4.69, 9.17) is 10.5 Å². The lowest BCUT2D eigenvalue weighted by Gasteiger charge is -2.43. The van der Waals surface area contributed by atoms with Gasteiger partial charge in [0.15, 0.2) is 4.90 Å². The average molecular weight is 331 g/mol. The molecule has 10 heteroatoms. The zero-order valence-corrected chi connectivity index (χ0v) is 12.5. The Balaban J connectivity index is 2.56. The van der Waals surface area contributed by atoms with Crippen molar-refractivity contribution >= 4 is 15.7 Å². The van der Waals surface area contributed by atoms with Gasteiger partial charge in [0.2, 0.25) is 0 Å². The van der Waals surface area contributed by atoms with Crippen LogP contribution in [0.2, 0.25) is 0 Å². The minimum absolute atomic E-state index is 0.0356. The molecule has 1 saturated heterocycles. The van der Waals surface area contributed by atoms with Gasteiger partial charge in [-0.05, 0) is 6.07 Å². The maximum absolute atomic E-state index is 12.8. The zero-order valence-electron chi connectivity index (χ0n) is 11.7. The normalized spacial score (nSPS) is 23.4. The van der Waals surface area contributed by atoms with Gasteiger partial charge in [-0.2, -0.15) is 4.31 Å². The summed E-state index contributed by atoms with van der Waals surface area (Å²) < 4.78 is 31.9. The number of aliphatic hydroxyl groups is 1. The van der Waals surface area contributed by atoms with Crippen molar-refractivity contribution in [2.45, 2.75) is 10.4 Å². The van der Waals surface area contributed by atoms with Crippen LogP contribution < -0.4 is 5.73 Å². The number of para-hydroxylation sites is 1. The number of morpholine rings is 1. The van der Waals surface area contributed by atoms with Gasteiger partial charge >= 0.3 is 0 Å². The summed E-state index contributed by atoms with van der Waals surface area (Å²) in [6.07, 6.45) is 0. The van der Waals surface area contributed by atoms with Crippen LogP contribution in [0.25, 0.3) is 0 Å². The highest BCUT2D eigenvalue weighted by molar-refractivity contribution is 7.89. The molecular weight excluding hydrogens is 314 g/mol. The van der Waals surface area contributed by atoms with Crippen molar-refractivity contribution in [2.75, 3.05) is 32.9 Å². The van der Waals surface area contributed by atoms with E-state index in [1.54, 1.807) is 0 Å². The minimum Gasteiger partial charge on any atom is -0.394 e. The summed E-state index contributed by atoms with van der Waals surface area (Å²) in [6.45, 7) is -0.680. The number of benzene rings is 1. The molecule has 2 rings (SSSR count). The van der Waals surface area contributed by atoms with Gasteiger partial charge in [0.1, 0.15) is 0 Å². The molecule has 0 aliphatic carbocycles. The monoisotopic (exact) mass is 331 g/mol. The number of hydrogen-bond donors (Lipinski definition) is 2. The summed E-state index contributed by atoms with van der Waals surface area (Å²) in [5, 5.41) is 20.7. The molecule has 0 saturated carbocycles. The van der Waals surface area contributed by atoms with Gasteiger partial charge in [-0.1, -0.05) is 12.1 Å². The van der Waals surface area contributed by atoms with E-state index in [2.05, 4.69) is 0 Å². The maximum Gasteiger partial charge on any atom is 0.289 e. The molecule has 1 fully saturated rings. The first-order valence-electron chi connectivity index (χ1n) is 6.54. The highest BCUT2D eigenvalue weighted by Gasteiger charge is 2.47. The largest absolute Gasteiger partial charge is 0.394 e. The highest BCUT2D eigenvalue weighted by atomic mass is 32.2. The van der Waals surface area contributed by atoms with E-state index in [1.165, 1.54) is 18.2 Å². The Hall–Kier alpha value is -1.59. The Morgan fingerprint density at radius 2 is 2.14 bits per heavy atom. The fourth-order valence-corrected chi connectivity index (χ4v) is 4.29. The summed E-state index contributed by atoms with van der Waals surface area (Å²) in [5.41, 5.74) is 3.80. The second-order valence-electron chi connectivity index (χ2n) is 4.94. The van der Waals surface area contributed by atoms with E-state index in [1.807, 2.05) is 0 Å². The third-order valence-electron chi connectivity index (χ3n) is 3.64. The predicted octanol–water partition coefficient (Wildman–Crippen LogP) is -0.694. The van der Waals surface area contributed by atoms with Crippen molar-refractivity contribution in [2.24, 2.45) is 5.73 Å². The molecule has 1 aromatic carbocycles. The standard InChI is InChI=1S/C12H17N3O6S/c13-7-12(8-16)9-21-6-5-14(12)22(19,20)11-4-2-1-3-10(11)15(17)18/h1-4,16H,5-9,13H2. The van der Waals surface area contributed by atoms with Gasteiger partial charge in [-0.25, -0.2) is 8.42 Å². The van der Waals surface area contributed by atoms with Crippen molar-refractivity contribution in [3.63, 3.8) is 0 Å². The fraction of sp³-hybridized carbons (Fsp3) is 0.500. The number of nitro benzene ring substituents is 1. The lowest BCUT2D eigenvalue weighted by atomic mass is 10.0. The molecule has 1 aromatic rings. The van der Waals surface area contributed by atoms with E-state index < -0.39 is 37.7 Å². The van der Waals surface area contributed by atoms with Crippen molar-refractivity contribution in [1.82, 2.24) is 4.31 Å². The third kappa shape index (κ3) is 2.71. The summed E-state index contributed by atoms with van der Waals surface area (Å²) in [5.74, 6) is 0. The van der Waals surface area contributed by atoms with E-state index in [0.29, 0.717) is 0 Å². The molecule has 122 valence electrons. The number of nitro groups is 1. The number of nitrogens with zero attached hydrogens (tertiary/aromatic N) is 2. The Morgan fingerprint density at radius 3 is 2.73 bits per heavy atom. The number of hydrogen-bond acceptors (Lipinski definition) is 7. The molecule has 1 atom stereocenters. The molecule has 1 aliphatic rings. The fourth-order valence-electron chi connectivity index (χ4n) is 2.39. The van der Waals surface area contributed by atoms with Crippen LogP contribution in [-0.2, 0) is 14.8 Å². The Labute approximate surface area is 127 Å². The highest BCUT2D eigenvalue weighted by Crippen LogP contribution is 2.31. The second-order valence-corrected chi connectivity index (χ2v) is 6.77. The molecule has 3 N–H and O–H groups in total. The topological polar surface area (TPSA) is 136 Å². The van der Waals surface area contributed by atoms with E-state index in [0.717, 1.165) is 10.4 Å². The zero-order chi connectivity index (χ0) is 16.4. The second kappa shape index (κ2) is 6.26. The predicted molar refractivity (Wildman–Crippen MR) is 76.7 cm³/mol. The summed E-state index contributed by atoms with van der Waals surface area (Å²) in [6, 6.07) is 5.08. The third-order valence-corrected chi connectivity index (χ3v) is 5.69. The maximum atomic E-state index is 12.8. The first kappa shape index (κ1) is 16.8. The van der Waals surface area contributed by atoms with E-state index in [9.17, 15) is 23.6 Å². The van der Waals surface area contributed by atoms with Crippen LogP contribution in [0.5, 0.6) is 0 Å². The molecule has 1 aliphatic heterocycles. The lowest BCUT2D eigenvalue weighted by Crippen LogP contribution is -2.64. The average Bonchev–Trinajstić information content (AvgIpc) is 2.54. The number of nitrogens with two attached hydrogens (primary N) is 1. The number of aliphatic hydroxyl groups excluding tert-OH is 1. The van der Waals surface area contributed by atoms with Gasteiger partial charge in [-0.3, -0.25) is 10.1 Å². The van der Waals surface area contributed by atoms with Gasteiger partial charge in [-0.15, -0.1) is 0 Å².